The van der Waals surface area contributed by atoms with Crippen LogP contribution in [-0.2, 0) is 10.1 Å². The number of carbonyl (C=O) groups excluding carboxylic acids is 1. The second-order valence-corrected chi connectivity index (χ2v) is 9.68. The van der Waals surface area contributed by atoms with E-state index in [0.717, 1.165) is 12.0 Å². The molecule has 202 valence electrons. The first-order valence-corrected chi connectivity index (χ1v) is 13.7. The Morgan fingerprint density at radius 2 is 1.50 bits per heavy atom. The second kappa shape index (κ2) is 13.5. The summed E-state index contributed by atoms with van der Waals surface area (Å²) in [6.45, 7) is 8.76. The van der Waals surface area contributed by atoms with Crippen LogP contribution in [-0.4, -0.2) is 40.4 Å². The lowest BCUT2D eigenvalue weighted by molar-refractivity contribution is 0.0954. The fourth-order valence-corrected chi connectivity index (χ4v) is 4.23. The minimum atomic E-state index is -4.05. The van der Waals surface area contributed by atoms with Gasteiger partial charge in [-0.3, -0.25) is 4.79 Å². The Bertz CT molecular complexity index is 1370. The van der Waals surface area contributed by atoms with Gasteiger partial charge in [-0.15, -0.1) is 0 Å². The van der Waals surface area contributed by atoms with Gasteiger partial charge in [0.2, 0.25) is 0 Å². The van der Waals surface area contributed by atoms with Gasteiger partial charge in [-0.2, -0.15) is 13.5 Å². The molecule has 0 aliphatic rings. The van der Waals surface area contributed by atoms with Gasteiger partial charge in [0.15, 0.2) is 23.0 Å². The number of hydrogen-bond donors (Lipinski definition) is 1. The Kier molecular flexibility index (Phi) is 10.1. The maximum atomic E-state index is 12.7. The van der Waals surface area contributed by atoms with Crippen LogP contribution in [0.4, 0.5) is 0 Å². The van der Waals surface area contributed by atoms with Crippen LogP contribution in [0.1, 0.15) is 48.7 Å². The normalized spacial score (nSPS) is 11.3. The highest BCUT2D eigenvalue weighted by atomic mass is 32.2. The summed E-state index contributed by atoms with van der Waals surface area (Å²) in [6, 6.07) is 15.9. The smallest absolute Gasteiger partial charge is 0.339 e. The highest BCUT2D eigenvalue weighted by Gasteiger charge is 2.19. The standard InChI is InChI=1S/C28H32N2O7S/c1-5-16-36-24-15-11-22(18-27(24)35-7-3)28(31)30-29-19-21-10-14-25(26(17-21)34-6-2)37-38(32,33)23-12-8-20(4)9-13-23/h8-15,17-19H,5-7,16H2,1-4H3,(H,30,31)/b29-19+. The molecule has 1 N–H and O–H groups in total. The summed E-state index contributed by atoms with van der Waals surface area (Å²) in [5, 5.41) is 4.02. The van der Waals surface area contributed by atoms with Gasteiger partial charge < -0.3 is 18.4 Å². The van der Waals surface area contributed by atoms with E-state index in [0.29, 0.717) is 42.4 Å². The Labute approximate surface area is 223 Å². The van der Waals surface area contributed by atoms with Crippen molar-refractivity contribution >= 4 is 22.2 Å². The summed E-state index contributed by atoms with van der Waals surface area (Å²) in [7, 11) is -4.05. The van der Waals surface area contributed by atoms with E-state index >= 15 is 0 Å². The molecule has 3 rings (SSSR count). The van der Waals surface area contributed by atoms with Crippen molar-refractivity contribution in [2.24, 2.45) is 5.10 Å². The zero-order chi connectivity index (χ0) is 27.5. The Hall–Kier alpha value is -4.05. The first kappa shape index (κ1) is 28.5. The number of rotatable bonds is 13. The lowest BCUT2D eigenvalue weighted by Gasteiger charge is -2.13. The van der Waals surface area contributed by atoms with Crippen LogP contribution >= 0.6 is 0 Å². The van der Waals surface area contributed by atoms with Crippen molar-refractivity contribution in [3.63, 3.8) is 0 Å². The van der Waals surface area contributed by atoms with Crippen LogP contribution in [0.2, 0.25) is 0 Å². The molecule has 0 unspecified atom stereocenters. The predicted molar refractivity (Wildman–Crippen MR) is 145 cm³/mol. The Morgan fingerprint density at radius 3 is 2.16 bits per heavy atom. The average molecular weight is 541 g/mol. The number of aryl methyl sites for hydroxylation is 1. The molecular weight excluding hydrogens is 508 g/mol. The number of carbonyl (C=O) groups is 1. The molecule has 0 bridgehead atoms. The minimum absolute atomic E-state index is 0.0383. The van der Waals surface area contributed by atoms with Crippen LogP contribution in [0.5, 0.6) is 23.0 Å². The topological polar surface area (TPSA) is 113 Å². The zero-order valence-corrected chi connectivity index (χ0v) is 22.7. The lowest BCUT2D eigenvalue weighted by Crippen LogP contribution is -2.18. The molecule has 3 aromatic rings. The Morgan fingerprint density at radius 1 is 0.842 bits per heavy atom. The van der Waals surface area contributed by atoms with Crippen molar-refractivity contribution in [2.45, 2.75) is 39.0 Å². The number of nitrogens with one attached hydrogen (secondary N) is 1. The van der Waals surface area contributed by atoms with E-state index < -0.39 is 16.0 Å². The van der Waals surface area contributed by atoms with Crippen LogP contribution in [0.25, 0.3) is 0 Å². The van der Waals surface area contributed by atoms with Gasteiger partial charge in [-0.05, 0) is 81.3 Å². The van der Waals surface area contributed by atoms with E-state index in [9.17, 15) is 13.2 Å². The van der Waals surface area contributed by atoms with E-state index in [1.807, 2.05) is 20.8 Å². The van der Waals surface area contributed by atoms with Crippen LogP contribution in [0.3, 0.4) is 0 Å². The summed E-state index contributed by atoms with van der Waals surface area (Å²) < 4.78 is 47.6. The van der Waals surface area contributed by atoms with Gasteiger partial charge in [0.25, 0.3) is 5.91 Å². The largest absolute Gasteiger partial charge is 0.490 e. The number of amides is 1. The molecule has 0 atom stereocenters. The molecular formula is C28H32N2O7S. The van der Waals surface area contributed by atoms with Crippen LogP contribution in [0, 0.1) is 6.92 Å². The molecule has 9 nitrogen and oxygen atoms in total. The predicted octanol–water partition coefficient (Wildman–Crippen LogP) is 5.11. The highest BCUT2D eigenvalue weighted by Crippen LogP contribution is 2.31. The number of benzene rings is 3. The van der Waals surface area contributed by atoms with Crippen molar-refractivity contribution in [1.29, 1.82) is 0 Å². The van der Waals surface area contributed by atoms with Gasteiger partial charge in [0, 0.05) is 5.56 Å². The second-order valence-electron chi connectivity index (χ2n) is 8.13. The molecule has 0 heterocycles. The molecule has 1 amide bonds. The van der Waals surface area contributed by atoms with Crippen LogP contribution in [0.15, 0.2) is 70.7 Å². The molecule has 38 heavy (non-hydrogen) atoms. The summed E-state index contributed by atoms with van der Waals surface area (Å²) >= 11 is 0. The fraction of sp³-hybridized carbons (Fsp3) is 0.286. The molecule has 0 aliphatic carbocycles. The lowest BCUT2D eigenvalue weighted by atomic mass is 10.2. The van der Waals surface area contributed by atoms with E-state index in [1.165, 1.54) is 24.4 Å². The van der Waals surface area contributed by atoms with Crippen molar-refractivity contribution < 1.29 is 31.6 Å². The van der Waals surface area contributed by atoms with Gasteiger partial charge in [-0.25, -0.2) is 5.43 Å². The van der Waals surface area contributed by atoms with Gasteiger partial charge in [-0.1, -0.05) is 24.6 Å². The van der Waals surface area contributed by atoms with E-state index in [1.54, 1.807) is 49.4 Å². The summed E-state index contributed by atoms with van der Waals surface area (Å²) in [4.78, 5) is 12.7. The molecule has 0 aromatic heterocycles. The van der Waals surface area contributed by atoms with E-state index in [2.05, 4.69) is 10.5 Å². The highest BCUT2D eigenvalue weighted by molar-refractivity contribution is 7.87. The fourth-order valence-electron chi connectivity index (χ4n) is 3.29. The zero-order valence-electron chi connectivity index (χ0n) is 21.9. The molecule has 0 spiro atoms. The van der Waals surface area contributed by atoms with E-state index in [-0.39, 0.29) is 16.4 Å². The van der Waals surface area contributed by atoms with E-state index in [4.69, 9.17) is 18.4 Å². The summed E-state index contributed by atoms with van der Waals surface area (Å²) in [6.07, 6.45) is 2.27. The Balaban J connectivity index is 1.72. The minimum Gasteiger partial charge on any atom is -0.490 e. The molecule has 3 aromatic carbocycles. The monoisotopic (exact) mass is 540 g/mol. The SMILES string of the molecule is CCCOc1ccc(C(=O)N/N=C/c2ccc(OS(=O)(=O)c3ccc(C)cc3)c(OCC)c2)cc1OCC. The van der Waals surface area contributed by atoms with Gasteiger partial charge in [0.05, 0.1) is 26.0 Å². The number of nitrogens with zero attached hydrogens (tertiary/aromatic N) is 1. The third kappa shape index (κ3) is 7.72. The van der Waals surface area contributed by atoms with Crippen molar-refractivity contribution in [3.8, 4) is 23.0 Å². The van der Waals surface area contributed by atoms with Gasteiger partial charge in [0.1, 0.15) is 4.90 Å². The van der Waals surface area contributed by atoms with Gasteiger partial charge >= 0.3 is 10.1 Å². The maximum Gasteiger partial charge on any atom is 0.339 e. The molecule has 0 saturated heterocycles. The third-order valence-corrected chi connectivity index (χ3v) is 6.37. The number of hydrazone groups is 1. The maximum absolute atomic E-state index is 12.7. The van der Waals surface area contributed by atoms with Crippen molar-refractivity contribution in [3.05, 3.63) is 77.4 Å². The van der Waals surface area contributed by atoms with Crippen molar-refractivity contribution in [2.75, 3.05) is 19.8 Å². The first-order chi connectivity index (χ1) is 18.3. The average Bonchev–Trinajstić information content (AvgIpc) is 2.89. The third-order valence-electron chi connectivity index (χ3n) is 5.12. The van der Waals surface area contributed by atoms with Crippen LogP contribution < -0.4 is 23.8 Å². The van der Waals surface area contributed by atoms with Crippen molar-refractivity contribution in [1.82, 2.24) is 5.43 Å². The molecule has 0 saturated carbocycles. The quantitative estimate of drug-likeness (QED) is 0.182. The summed E-state index contributed by atoms with van der Waals surface area (Å²) in [5.41, 5.74) is 4.33. The molecule has 0 fully saturated rings. The number of hydrogen-bond acceptors (Lipinski definition) is 8. The molecule has 0 aliphatic heterocycles. The first-order valence-electron chi connectivity index (χ1n) is 12.3. The number of ether oxygens (including phenoxy) is 3. The summed E-state index contributed by atoms with van der Waals surface area (Å²) in [5.74, 6) is 0.891. The molecule has 10 heteroatoms. The molecule has 0 radical (unpaired) electrons.